The van der Waals surface area contributed by atoms with Crippen LogP contribution in [0, 0.1) is 0 Å². The van der Waals surface area contributed by atoms with Gasteiger partial charge < -0.3 is 5.73 Å². The van der Waals surface area contributed by atoms with Crippen LogP contribution in [-0.4, -0.2) is 9.55 Å². The van der Waals surface area contributed by atoms with Crippen molar-refractivity contribution < 1.29 is 0 Å². The third kappa shape index (κ3) is 2.28. The van der Waals surface area contributed by atoms with Crippen molar-refractivity contribution in [1.29, 1.82) is 0 Å². The molecule has 0 bridgehead atoms. The zero-order valence-corrected chi connectivity index (χ0v) is 8.84. The molecule has 0 aliphatic heterocycles. The molecule has 0 aliphatic carbocycles. The van der Waals surface area contributed by atoms with Crippen LogP contribution in [0.15, 0.2) is 47.5 Å². The van der Waals surface area contributed by atoms with E-state index >= 15 is 0 Å². The first-order chi connectivity index (χ1) is 7.77. The molecule has 1 aromatic carbocycles. The second kappa shape index (κ2) is 4.61. The van der Waals surface area contributed by atoms with Crippen LogP contribution in [0.3, 0.4) is 0 Å². The predicted octanol–water partition coefficient (Wildman–Crippen LogP) is 1.07. The molecule has 0 amide bonds. The smallest absolute Gasteiger partial charge is 0.347 e. The number of anilines is 1. The highest BCUT2D eigenvalue weighted by atomic mass is 16.1. The minimum Gasteiger partial charge on any atom is -0.399 e. The zero-order valence-electron chi connectivity index (χ0n) is 8.84. The summed E-state index contributed by atoms with van der Waals surface area (Å²) in [6.07, 6.45) is 3.96. The number of nitrogens with zero attached hydrogens (tertiary/aromatic N) is 2. The van der Waals surface area contributed by atoms with Crippen LogP contribution in [0.5, 0.6) is 0 Å². The van der Waals surface area contributed by atoms with Crippen molar-refractivity contribution in [3.05, 3.63) is 58.8 Å². The third-order valence-corrected chi connectivity index (χ3v) is 2.46. The van der Waals surface area contributed by atoms with Crippen LogP contribution < -0.4 is 11.4 Å². The second-order valence-electron chi connectivity index (χ2n) is 3.54. The Labute approximate surface area is 93.4 Å². The number of rotatable bonds is 3. The summed E-state index contributed by atoms with van der Waals surface area (Å²) in [5.41, 5.74) is 7.41. The van der Waals surface area contributed by atoms with Gasteiger partial charge in [-0.2, -0.15) is 0 Å². The molecule has 0 radical (unpaired) electrons. The molecule has 16 heavy (non-hydrogen) atoms. The van der Waals surface area contributed by atoms with Crippen LogP contribution in [0.2, 0.25) is 0 Å². The summed E-state index contributed by atoms with van der Waals surface area (Å²) in [5.74, 6) is 0. The lowest BCUT2D eigenvalue weighted by atomic mass is 10.1. The zero-order chi connectivity index (χ0) is 11.4. The van der Waals surface area contributed by atoms with Crippen molar-refractivity contribution >= 4 is 5.69 Å². The molecule has 4 heteroatoms. The Hall–Kier alpha value is -2.10. The fourth-order valence-electron chi connectivity index (χ4n) is 1.56. The summed E-state index contributed by atoms with van der Waals surface area (Å²) in [6, 6.07) is 9.42. The molecule has 0 aliphatic rings. The summed E-state index contributed by atoms with van der Waals surface area (Å²) in [4.78, 5) is 15.0. The van der Waals surface area contributed by atoms with Crippen LogP contribution in [0.4, 0.5) is 5.69 Å². The number of benzene rings is 1. The Kier molecular flexibility index (Phi) is 3.00. The molecule has 1 aromatic heterocycles. The Bertz CT molecular complexity index is 534. The summed E-state index contributed by atoms with van der Waals surface area (Å²) in [5, 5.41) is 0. The molecule has 0 unspecified atom stereocenters. The van der Waals surface area contributed by atoms with E-state index < -0.39 is 0 Å². The molecule has 1 heterocycles. The molecule has 82 valence electrons. The number of para-hydroxylation sites is 1. The fourth-order valence-corrected chi connectivity index (χ4v) is 1.56. The molecule has 4 nitrogen and oxygen atoms in total. The number of aryl methyl sites for hydroxylation is 2. The second-order valence-corrected chi connectivity index (χ2v) is 3.54. The van der Waals surface area contributed by atoms with Gasteiger partial charge in [-0.05, 0) is 24.1 Å². The summed E-state index contributed by atoms with van der Waals surface area (Å²) < 4.78 is 1.58. The largest absolute Gasteiger partial charge is 0.399 e. The Morgan fingerprint density at radius 1 is 1.25 bits per heavy atom. The van der Waals surface area contributed by atoms with Crippen molar-refractivity contribution in [2.24, 2.45) is 0 Å². The molecule has 2 rings (SSSR count). The minimum absolute atomic E-state index is 0.225. The van der Waals surface area contributed by atoms with E-state index in [1.165, 1.54) is 6.20 Å². The fraction of sp³-hybridized carbons (Fsp3) is 0.167. The number of nitrogen functional groups attached to an aromatic ring is 1. The average Bonchev–Trinajstić information content (AvgIpc) is 2.30. The molecule has 0 atom stereocenters. The molecule has 0 spiro atoms. The van der Waals surface area contributed by atoms with E-state index in [0.717, 1.165) is 17.7 Å². The van der Waals surface area contributed by atoms with Crippen molar-refractivity contribution in [2.75, 3.05) is 5.73 Å². The maximum Gasteiger partial charge on any atom is 0.347 e. The van der Waals surface area contributed by atoms with Gasteiger partial charge in [-0.1, -0.05) is 18.2 Å². The van der Waals surface area contributed by atoms with Gasteiger partial charge in [-0.15, -0.1) is 0 Å². The Balaban J connectivity index is 2.12. The first-order valence-corrected chi connectivity index (χ1v) is 5.12. The first-order valence-electron chi connectivity index (χ1n) is 5.12. The van der Waals surface area contributed by atoms with E-state index in [1.54, 1.807) is 16.8 Å². The van der Waals surface area contributed by atoms with Crippen molar-refractivity contribution in [3.8, 4) is 0 Å². The number of nitrogens with two attached hydrogens (primary N) is 1. The summed E-state index contributed by atoms with van der Waals surface area (Å²) in [7, 11) is 0. The number of aromatic nitrogens is 2. The van der Waals surface area contributed by atoms with Gasteiger partial charge in [0.15, 0.2) is 0 Å². The Morgan fingerprint density at radius 3 is 2.81 bits per heavy atom. The maximum absolute atomic E-state index is 11.3. The van der Waals surface area contributed by atoms with E-state index in [4.69, 9.17) is 5.73 Å². The molecule has 0 saturated carbocycles. The van der Waals surface area contributed by atoms with Gasteiger partial charge in [0.1, 0.15) is 0 Å². The lowest BCUT2D eigenvalue weighted by Crippen LogP contribution is -2.22. The van der Waals surface area contributed by atoms with E-state index in [2.05, 4.69) is 4.98 Å². The lowest BCUT2D eigenvalue weighted by Gasteiger charge is -2.06. The van der Waals surface area contributed by atoms with Gasteiger partial charge in [0.2, 0.25) is 0 Å². The first kappa shape index (κ1) is 10.4. The lowest BCUT2D eigenvalue weighted by molar-refractivity contribution is 0.649. The van der Waals surface area contributed by atoms with Gasteiger partial charge in [0.05, 0.1) is 0 Å². The average molecular weight is 215 g/mol. The summed E-state index contributed by atoms with van der Waals surface area (Å²) >= 11 is 0. The highest BCUT2D eigenvalue weighted by Gasteiger charge is 1.99. The van der Waals surface area contributed by atoms with Gasteiger partial charge in [-0.25, -0.2) is 9.78 Å². The van der Waals surface area contributed by atoms with E-state index in [1.807, 2.05) is 24.3 Å². The summed E-state index contributed by atoms with van der Waals surface area (Å²) in [6.45, 7) is 0.598. The van der Waals surface area contributed by atoms with Crippen molar-refractivity contribution in [2.45, 2.75) is 13.0 Å². The molecule has 2 N–H and O–H groups in total. The van der Waals surface area contributed by atoms with Crippen LogP contribution in [0.1, 0.15) is 5.56 Å². The van der Waals surface area contributed by atoms with Gasteiger partial charge in [0, 0.05) is 24.6 Å². The van der Waals surface area contributed by atoms with E-state index in [0.29, 0.717) is 6.54 Å². The molecular formula is C12H13N3O. The monoisotopic (exact) mass is 215 g/mol. The highest BCUT2D eigenvalue weighted by Crippen LogP contribution is 2.11. The van der Waals surface area contributed by atoms with Crippen LogP contribution in [-0.2, 0) is 13.0 Å². The molecular weight excluding hydrogens is 202 g/mol. The van der Waals surface area contributed by atoms with Crippen molar-refractivity contribution in [1.82, 2.24) is 9.55 Å². The Morgan fingerprint density at radius 2 is 2.06 bits per heavy atom. The van der Waals surface area contributed by atoms with Crippen LogP contribution in [0.25, 0.3) is 0 Å². The van der Waals surface area contributed by atoms with E-state index in [9.17, 15) is 4.79 Å². The predicted molar refractivity (Wildman–Crippen MR) is 63.1 cm³/mol. The molecule has 2 aromatic rings. The van der Waals surface area contributed by atoms with E-state index in [-0.39, 0.29) is 5.69 Å². The normalized spacial score (nSPS) is 10.2. The highest BCUT2D eigenvalue weighted by molar-refractivity contribution is 5.46. The van der Waals surface area contributed by atoms with Crippen LogP contribution >= 0.6 is 0 Å². The topological polar surface area (TPSA) is 60.9 Å². The number of hydrogen-bond acceptors (Lipinski definition) is 3. The third-order valence-electron chi connectivity index (χ3n) is 2.46. The standard InChI is InChI=1S/C12H13N3O/c13-11-5-2-1-4-10(11)6-9-15-8-3-7-14-12(15)16/h1-5,7-8H,6,9,13H2. The van der Waals surface area contributed by atoms with Gasteiger partial charge in [-0.3, -0.25) is 4.57 Å². The molecule has 0 fully saturated rings. The van der Waals surface area contributed by atoms with Crippen molar-refractivity contribution in [3.63, 3.8) is 0 Å². The van der Waals surface area contributed by atoms with Gasteiger partial charge in [0.25, 0.3) is 0 Å². The van der Waals surface area contributed by atoms with Gasteiger partial charge >= 0.3 is 5.69 Å². The minimum atomic E-state index is -0.225. The maximum atomic E-state index is 11.3. The molecule has 0 saturated heterocycles. The quantitative estimate of drug-likeness (QED) is 0.779. The SMILES string of the molecule is Nc1ccccc1CCn1cccnc1=O. The number of hydrogen-bond donors (Lipinski definition) is 1.